The van der Waals surface area contributed by atoms with E-state index in [1.165, 1.54) is 11.3 Å². The average molecular weight is 331 g/mol. The van der Waals surface area contributed by atoms with Crippen molar-refractivity contribution in [2.45, 2.75) is 31.2 Å². The van der Waals surface area contributed by atoms with Gasteiger partial charge in [-0.1, -0.05) is 0 Å². The summed E-state index contributed by atoms with van der Waals surface area (Å²) in [6.07, 6.45) is 2.90. The number of carbonyl (C=O) groups excluding carboxylic acids is 2. The van der Waals surface area contributed by atoms with Crippen LogP contribution in [0.1, 0.15) is 22.5 Å². The van der Waals surface area contributed by atoms with Gasteiger partial charge < -0.3 is 14.2 Å². The zero-order valence-electron chi connectivity index (χ0n) is 12.0. The number of aromatic nitrogens is 1. The Morgan fingerprint density at radius 3 is 2.52 bits per heavy atom. The summed E-state index contributed by atoms with van der Waals surface area (Å²) in [6, 6.07) is 7.44. The maximum Gasteiger partial charge on any atom is 0.509 e. The number of nitrogens with zero attached hydrogens (tertiary/aromatic N) is 1. The molecule has 0 radical (unpaired) electrons. The van der Waals surface area contributed by atoms with Gasteiger partial charge >= 0.3 is 12.1 Å². The van der Waals surface area contributed by atoms with Gasteiger partial charge in [0.2, 0.25) is 0 Å². The van der Waals surface area contributed by atoms with Crippen molar-refractivity contribution in [3.8, 4) is 10.4 Å². The highest BCUT2D eigenvalue weighted by atomic mass is 32.1. The van der Waals surface area contributed by atoms with Crippen molar-refractivity contribution in [3.05, 3.63) is 41.5 Å². The maximum atomic E-state index is 12.3. The third kappa shape index (κ3) is 2.79. The molecule has 0 N–H and O–H groups in total. The van der Waals surface area contributed by atoms with Crippen molar-refractivity contribution >= 4 is 23.5 Å². The number of fused-ring (bicyclic) bond motifs is 1. The quantitative estimate of drug-likeness (QED) is 0.805. The number of rotatable bonds is 3. The smallest absolute Gasteiger partial charge is 0.458 e. The lowest BCUT2D eigenvalue weighted by Crippen LogP contribution is -2.17. The summed E-state index contributed by atoms with van der Waals surface area (Å²) < 4.78 is 15.5. The van der Waals surface area contributed by atoms with E-state index in [1.807, 2.05) is 18.2 Å². The van der Waals surface area contributed by atoms with Crippen molar-refractivity contribution in [2.24, 2.45) is 0 Å². The minimum atomic E-state index is -0.634. The second kappa shape index (κ2) is 5.66. The molecule has 7 heteroatoms. The van der Waals surface area contributed by atoms with Crippen LogP contribution in [0.3, 0.4) is 0 Å². The van der Waals surface area contributed by atoms with Crippen LogP contribution in [0, 0.1) is 0 Å². The van der Waals surface area contributed by atoms with Crippen LogP contribution in [0.25, 0.3) is 10.4 Å². The second-order valence-electron chi connectivity index (χ2n) is 5.46. The Labute approximate surface area is 136 Å². The molecule has 6 nitrogen and oxygen atoms in total. The number of carbonyl (C=O) groups is 2. The number of hydrogen-bond acceptors (Lipinski definition) is 7. The van der Waals surface area contributed by atoms with Crippen molar-refractivity contribution in [3.63, 3.8) is 0 Å². The Kier molecular flexibility index (Phi) is 3.49. The van der Waals surface area contributed by atoms with Crippen LogP contribution in [0.15, 0.2) is 36.7 Å². The molecule has 1 saturated heterocycles. The highest BCUT2D eigenvalue weighted by Crippen LogP contribution is 2.34. The van der Waals surface area contributed by atoms with E-state index in [0.717, 1.165) is 10.4 Å². The predicted octanol–water partition coefficient (Wildman–Crippen LogP) is 3.03. The molecule has 1 saturated carbocycles. The molecule has 0 amide bonds. The van der Waals surface area contributed by atoms with Crippen LogP contribution in [0.5, 0.6) is 0 Å². The molecular formula is C16H13NO5S. The van der Waals surface area contributed by atoms with E-state index in [9.17, 15) is 9.59 Å². The van der Waals surface area contributed by atoms with Crippen molar-refractivity contribution in [2.75, 3.05) is 0 Å². The van der Waals surface area contributed by atoms with Crippen LogP contribution in [0.2, 0.25) is 0 Å². The van der Waals surface area contributed by atoms with Crippen LogP contribution in [-0.2, 0) is 14.2 Å². The van der Waals surface area contributed by atoms with Gasteiger partial charge in [-0.05, 0) is 29.8 Å². The van der Waals surface area contributed by atoms with E-state index < -0.39 is 6.16 Å². The van der Waals surface area contributed by atoms with E-state index in [-0.39, 0.29) is 24.3 Å². The Hall–Kier alpha value is -2.41. The SMILES string of the molecule is O=C1O[C@H]2CC(OC(=O)c3ccc(-c4ccncc4)s3)C[C@H]2O1. The van der Waals surface area contributed by atoms with E-state index >= 15 is 0 Å². The number of ether oxygens (including phenoxy) is 3. The normalized spacial score (nSPS) is 25.6. The first-order valence-electron chi connectivity index (χ1n) is 7.27. The molecule has 3 atom stereocenters. The number of pyridine rings is 1. The average Bonchev–Trinajstić information content (AvgIpc) is 3.22. The van der Waals surface area contributed by atoms with Crippen LogP contribution in [-0.4, -0.2) is 35.4 Å². The third-order valence-corrected chi connectivity index (χ3v) is 5.06. The molecule has 3 heterocycles. The summed E-state index contributed by atoms with van der Waals surface area (Å²) in [4.78, 5) is 28.8. The topological polar surface area (TPSA) is 74.7 Å². The lowest BCUT2D eigenvalue weighted by molar-refractivity contribution is 0.0235. The number of thiophene rings is 1. The lowest BCUT2D eigenvalue weighted by atomic mass is 10.2. The molecule has 2 fully saturated rings. The minimum Gasteiger partial charge on any atom is -0.458 e. The highest BCUT2D eigenvalue weighted by Gasteiger charge is 2.46. The van der Waals surface area contributed by atoms with E-state index in [0.29, 0.717) is 17.7 Å². The van der Waals surface area contributed by atoms with Crippen LogP contribution in [0.4, 0.5) is 4.79 Å². The summed E-state index contributed by atoms with van der Waals surface area (Å²) in [6.45, 7) is 0. The van der Waals surface area contributed by atoms with Crippen LogP contribution >= 0.6 is 11.3 Å². The molecule has 2 aromatic heterocycles. The fourth-order valence-electron chi connectivity index (χ4n) is 2.87. The first kappa shape index (κ1) is 14.2. The van der Waals surface area contributed by atoms with Crippen molar-refractivity contribution in [1.29, 1.82) is 0 Å². The summed E-state index contributed by atoms with van der Waals surface area (Å²) in [5.74, 6) is -0.355. The molecule has 23 heavy (non-hydrogen) atoms. The number of esters is 1. The molecule has 2 aromatic rings. The molecule has 1 aliphatic heterocycles. The zero-order chi connectivity index (χ0) is 15.8. The molecule has 118 valence electrons. The van der Waals surface area contributed by atoms with E-state index in [2.05, 4.69) is 4.98 Å². The zero-order valence-corrected chi connectivity index (χ0v) is 12.8. The van der Waals surface area contributed by atoms with Gasteiger partial charge in [-0.2, -0.15) is 0 Å². The van der Waals surface area contributed by atoms with Crippen LogP contribution < -0.4 is 0 Å². The second-order valence-corrected chi connectivity index (χ2v) is 6.54. The molecule has 0 spiro atoms. The molecule has 1 aliphatic carbocycles. The third-order valence-electron chi connectivity index (χ3n) is 3.95. The minimum absolute atomic E-state index is 0.280. The monoisotopic (exact) mass is 331 g/mol. The first-order chi connectivity index (χ1) is 11.2. The fourth-order valence-corrected chi connectivity index (χ4v) is 3.76. The summed E-state index contributed by atoms with van der Waals surface area (Å²) in [5, 5.41) is 0. The van der Waals surface area contributed by atoms with Crippen molar-refractivity contribution in [1.82, 2.24) is 4.98 Å². The number of hydrogen-bond donors (Lipinski definition) is 0. The van der Waals surface area contributed by atoms with Gasteiger partial charge in [-0.3, -0.25) is 4.98 Å². The Morgan fingerprint density at radius 2 is 1.83 bits per heavy atom. The lowest BCUT2D eigenvalue weighted by Gasteiger charge is -2.11. The van der Waals surface area contributed by atoms with Gasteiger partial charge in [0, 0.05) is 30.1 Å². The molecule has 0 aromatic carbocycles. The van der Waals surface area contributed by atoms with E-state index in [4.69, 9.17) is 14.2 Å². The fraction of sp³-hybridized carbons (Fsp3) is 0.312. The predicted molar refractivity (Wildman–Crippen MR) is 81.1 cm³/mol. The van der Waals surface area contributed by atoms with Gasteiger partial charge in [0.15, 0.2) is 0 Å². The summed E-state index contributed by atoms with van der Waals surface area (Å²) in [7, 11) is 0. The highest BCUT2D eigenvalue weighted by molar-refractivity contribution is 7.17. The Balaban J connectivity index is 1.41. The van der Waals surface area contributed by atoms with Crippen molar-refractivity contribution < 1.29 is 23.8 Å². The van der Waals surface area contributed by atoms with Gasteiger partial charge in [-0.25, -0.2) is 9.59 Å². The largest absolute Gasteiger partial charge is 0.509 e. The molecule has 1 unspecified atom stereocenters. The summed E-state index contributed by atoms with van der Waals surface area (Å²) >= 11 is 1.38. The molecular weight excluding hydrogens is 318 g/mol. The summed E-state index contributed by atoms with van der Waals surface area (Å²) in [5.41, 5.74) is 1.01. The van der Waals surface area contributed by atoms with Gasteiger partial charge in [0.05, 0.1) is 0 Å². The van der Waals surface area contributed by atoms with Gasteiger partial charge in [-0.15, -0.1) is 11.3 Å². The molecule has 0 bridgehead atoms. The Morgan fingerprint density at radius 1 is 1.13 bits per heavy atom. The van der Waals surface area contributed by atoms with E-state index in [1.54, 1.807) is 18.5 Å². The first-order valence-corrected chi connectivity index (χ1v) is 8.09. The molecule has 4 rings (SSSR count). The van der Waals surface area contributed by atoms with Gasteiger partial charge in [0.25, 0.3) is 0 Å². The standard InChI is InChI=1S/C16H13NO5S/c18-15(20-10-7-11-12(8-10)22-16(19)21-11)14-2-1-13(23-14)9-3-5-17-6-4-9/h1-6,10-12H,7-8H2/t10?,11-,12+. The maximum absolute atomic E-state index is 12.3. The molecule has 2 aliphatic rings. The Bertz CT molecular complexity index is 728. The van der Waals surface area contributed by atoms with Gasteiger partial charge in [0.1, 0.15) is 23.2 Å².